The van der Waals surface area contributed by atoms with Crippen LogP contribution in [0.2, 0.25) is 0 Å². The number of carboxylic acid groups (broad SMARTS) is 2. The summed E-state index contributed by atoms with van der Waals surface area (Å²) >= 11 is 0. The van der Waals surface area contributed by atoms with Gasteiger partial charge in [-0.3, -0.25) is 0 Å². The molecule has 236 valence electrons. The molecule has 0 aromatic heterocycles. The minimum absolute atomic E-state index is 0. The third-order valence-electron chi connectivity index (χ3n) is 7.29. The quantitative estimate of drug-likeness (QED) is 0.0477. The number of carbonyl (C=O) groups is 2. The van der Waals surface area contributed by atoms with Gasteiger partial charge in [0.05, 0.1) is 0 Å². The van der Waals surface area contributed by atoms with Crippen LogP contribution in [-0.4, -0.2) is 35.0 Å². The van der Waals surface area contributed by atoms with E-state index in [-0.39, 0.29) is 35.9 Å². The van der Waals surface area contributed by atoms with E-state index < -0.39 is 11.9 Å². The predicted molar refractivity (Wildman–Crippen MR) is 175 cm³/mol. The molecule has 0 saturated carbocycles. The van der Waals surface area contributed by atoms with Gasteiger partial charge in [0, 0.05) is 11.9 Å². The van der Waals surface area contributed by atoms with E-state index in [1.165, 1.54) is 128 Å². The summed E-state index contributed by atoms with van der Waals surface area (Å²) in [7, 11) is 0. The topological polar surface area (TPSA) is 80.3 Å². The number of aliphatic carboxylic acids is 2. The fourth-order valence-corrected chi connectivity index (χ4v) is 4.68. The Bertz CT molecular complexity index is 524. The van der Waals surface area contributed by atoms with Gasteiger partial charge >= 0.3 is 23.1 Å². The molecule has 0 amide bonds. The molecule has 0 aromatic carbocycles. The summed E-state index contributed by atoms with van der Waals surface area (Å²) in [6.07, 6.45) is 41.8. The molecule has 0 rings (SSSR count). The van der Waals surface area contributed by atoms with Crippen molar-refractivity contribution in [3.05, 3.63) is 24.3 Å². The SMILES string of the molecule is CCCCCCCC/C=C\CCCCCCCC(=O)[O-].CCCCCCCC/C=C\CCCCCCCC(=O)[O-].[Mg+2]. The number of allylic oxidation sites excluding steroid dienone is 4. The van der Waals surface area contributed by atoms with Crippen LogP contribution in [0.3, 0.4) is 0 Å². The average Bonchev–Trinajstić information content (AvgIpc) is 2.93. The van der Waals surface area contributed by atoms with Gasteiger partial charge in [-0.1, -0.05) is 141 Å². The van der Waals surface area contributed by atoms with Crippen LogP contribution in [0.15, 0.2) is 24.3 Å². The van der Waals surface area contributed by atoms with Crippen molar-refractivity contribution >= 4 is 35.0 Å². The molecule has 0 unspecified atom stereocenters. The minimum atomic E-state index is -0.914. The summed E-state index contributed by atoms with van der Waals surface area (Å²) in [4.78, 5) is 20.4. The van der Waals surface area contributed by atoms with E-state index in [4.69, 9.17) is 0 Å². The van der Waals surface area contributed by atoms with E-state index in [1.807, 2.05) is 0 Å². The Morgan fingerprint density at radius 2 is 0.610 bits per heavy atom. The van der Waals surface area contributed by atoms with E-state index in [9.17, 15) is 19.8 Å². The molecule has 41 heavy (non-hydrogen) atoms. The second kappa shape index (κ2) is 41.3. The van der Waals surface area contributed by atoms with Gasteiger partial charge < -0.3 is 19.8 Å². The first-order valence-corrected chi connectivity index (χ1v) is 17.2. The predicted octanol–water partition coefficient (Wildman–Crippen LogP) is 9.17. The van der Waals surface area contributed by atoms with Crippen LogP contribution in [0.5, 0.6) is 0 Å². The van der Waals surface area contributed by atoms with Gasteiger partial charge in [0.25, 0.3) is 0 Å². The molecule has 0 bridgehead atoms. The van der Waals surface area contributed by atoms with Crippen LogP contribution in [0.25, 0.3) is 0 Å². The molecule has 0 aliphatic heterocycles. The Labute approximate surface area is 271 Å². The smallest absolute Gasteiger partial charge is 0.550 e. The van der Waals surface area contributed by atoms with Crippen molar-refractivity contribution in [3.63, 3.8) is 0 Å². The number of carboxylic acids is 2. The van der Waals surface area contributed by atoms with Crippen LogP contribution in [0, 0.1) is 0 Å². The number of unbranched alkanes of at least 4 members (excludes halogenated alkanes) is 22. The molecule has 0 spiro atoms. The van der Waals surface area contributed by atoms with Crippen LogP contribution < -0.4 is 10.2 Å². The summed E-state index contributed by atoms with van der Waals surface area (Å²) in [5, 5.41) is 20.4. The molecule has 0 fully saturated rings. The third kappa shape index (κ3) is 49.2. The average molecular weight is 587 g/mol. The molecule has 0 aliphatic rings. The summed E-state index contributed by atoms with van der Waals surface area (Å²) in [6, 6.07) is 0. The molecule has 0 saturated heterocycles. The molecule has 0 atom stereocenters. The minimum Gasteiger partial charge on any atom is -0.550 e. The summed E-state index contributed by atoms with van der Waals surface area (Å²) in [5.41, 5.74) is 0. The molecule has 0 radical (unpaired) electrons. The Morgan fingerprint density at radius 1 is 0.390 bits per heavy atom. The van der Waals surface area contributed by atoms with Crippen molar-refractivity contribution in [2.24, 2.45) is 0 Å². The van der Waals surface area contributed by atoms with Crippen molar-refractivity contribution in [3.8, 4) is 0 Å². The van der Waals surface area contributed by atoms with Gasteiger partial charge in [0.2, 0.25) is 0 Å². The Morgan fingerprint density at radius 3 is 0.854 bits per heavy atom. The zero-order chi connectivity index (χ0) is 29.8. The Balaban J connectivity index is -0.000000688. The Hall–Kier alpha value is -0.814. The summed E-state index contributed by atoms with van der Waals surface area (Å²) < 4.78 is 0. The van der Waals surface area contributed by atoms with Gasteiger partial charge in [-0.15, -0.1) is 0 Å². The van der Waals surface area contributed by atoms with Crippen LogP contribution >= 0.6 is 0 Å². The standard InChI is InChI=1S/2C18H34O2.Mg/c2*1-2-3-4-5-6-7-8-9-10-11-12-13-14-15-16-17-18(19)20;/h2*9-10H,2-8,11-17H2,1H3,(H,19,20);/q;;+2/p-2/b2*10-9-;. The van der Waals surface area contributed by atoms with Crippen LogP contribution in [0.4, 0.5) is 0 Å². The monoisotopic (exact) mass is 586 g/mol. The maximum atomic E-state index is 10.2. The van der Waals surface area contributed by atoms with Gasteiger partial charge in [-0.25, -0.2) is 0 Å². The number of hydrogen-bond donors (Lipinski definition) is 0. The van der Waals surface area contributed by atoms with Crippen molar-refractivity contribution in [2.75, 3.05) is 0 Å². The van der Waals surface area contributed by atoms with E-state index in [0.717, 1.165) is 38.5 Å². The van der Waals surface area contributed by atoms with Crippen molar-refractivity contribution in [1.29, 1.82) is 0 Å². The van der Waals surface area contributed by atoms with Crippen molar-refractivity contribution in [2.45, 2.75) is 194 Å². The van der Waals surface area contributed by atoms with E-state index >= 15 is 0 Å². The largest absolute Gasteiger partial charge is 2.00 e. The number of hydrogen-bond acceptors (Lipinski definition) is 4. The molecule has 0 heterocycles. The first-order valence-electron chi connectivity index (χ1n) is 17.2. The zero-order valence-corrected chi connectivity index (χ0v) is 28.9. The van der Waals surface area contributed by atoms with Gasteiger partial charge in [0.15, 0.2) is 0 Å². The molecule has 0 aromatic rings. The summed E-state index contributed by atoms with van der Waals surface area (Å²) in [6.45, 7) is 4.51. The fraction of sp³-hybridized carbons (Fsp3) is 0.833. The molecule has 0 N–H and O–H groups in total. The van der Waals surface area contributed by atoms with Crippen LogP contribution in [0.1, 0.15) is 194 Å². The normalized spacial score (nSPS) is 11.0. The van der Waals surface area contributed by atoms with E-state index in [1.54, 1.807) is 0 Å². The molecular weight excluding hydrogens is 521 g/mol. The molecule has 0 aliphatic carbocycles. The second-order valence-electron chi connectivity index (χ2n) is 11.4. The van der Waals surface area contributed by atoms with E-state index in [0.29, 0.717) is 0 Å². The van der Waals surface area contributed by atoms with Gasteiger partial charge in [-0.05, 0) is 77.0 Å². The number of rotatable bonds is 30. The molecule has 4 nitrogen and oxygen atoms in total. The van der Waals surface area contributed by atoms with E-state index in [2.05, 4.69) is 38.2 Å². The number of carbonyl (C=O) groups excluding carboxylic acids is 2. The first kappa shape index (κ1) is 44.6. The van der Waals surface area contributed by atoms with Gasteiger partial charge in [-0.2, -0.15) is 0 Å². The zero-order valence-electron chi connectivity index (χ0n) is 27.4. The second-order valence-corrected chi connectivity index (χ2v) is 11.4. The van der Waals surface area contributed by atoms with Crippen molar-refractivity contribution < 1.29 is 19.8 Å². The molecular formula is C36H66MgO4. The van der Waals surface area contributed by atoms with Gasteiger partial charge in [0.1, 0.15) is 0 Å². The maximum absolute atomic E-state index is 10.2. The fourth-order valence-electron chi connectivity index (χ4n) is 4.68. The maximum Gasteiger partial charge on any atom is 2.00 e. The Kier molecular flexibility index (Phi) is 45.0. The third-order valence-corrected chi connectivity index (χ3v) is 7.29. The molecule has 5 heteroatoms. The first-order chi connectivity index (χ1) is 19.5. The van der Waals surface area contributed by atoms with Crippen LogP contribution in [-0.2, 0) is 9.59 Å². The summed E-state index contributed by atoms with van der Waals surface area (Å²) in [5.74, 6) is -1.83. The van der Waals surface area contributed by atoms with Crippen molar-refractivity contribution in [1.82, 2.24) is 0 Å².